The number of nitrogens with one attached hydrogen (secondary N) is 3. The van der Waals surface area contributed by atoms with Gasteiger partial charge in [0.2, 0.25) is 5.91 Å². The molecule has 0 saturated carbocycles. The molecule has 0 atom stereocenters. The van der Waals surface area contributed by atoms with Crippen molar-refractivity contribution in [2.45, 2.75) is 52.5 Å². The summed E-state index contributed by atoms with van der Waals surface area (Å²) in [4.78, 5) is 24.1. The van der Waals surface area contributed by atoms with Crippen LogP contribution in [0.3, 0.4) is 0 Å². The molecule has 5 heteroatoms. The quantitative estimate of drug-likeness (QED) is 0.617. The molecule has 2 aromatic rings. The lowest BCUT2D eigenvalue weighted by atomic mass is 9.94. The summed E-state index contributed by atoms with van der Waals surface area (Å²) >= 11 is 0. The third-order valence-electron chi connectivity index (χ3n) is 4.58. The van der Waals surface area contributed by atoms with E-state index in [1.54, 1.807) is 0 Å². The lowest BCUT2D eigenvalue weighted by Gasteiger charge is -2.17. The van der Waals surface area contributed by atoms with E-state index in [1.165, 1.54) is 5.56 Å². The lowest BCUT2D eigenvalue weighted by Crippen LogP contribution is -2.33. The van der Waals surface area contributed by atoms with Crippen LogP contribution in [0.2, 0.25) is 0 Å². The number of anilines is 1. The second kappa shape index (κ2) is 10.5. The maximum Gasteiger partial charge on any atom is 0.319 e. The number of urea groups is 1. The van der Waals surface area contributed by atoms with E-state index >= 15 is 0 Å². The predicted molar refractivity (Wildman–Crippen MR) is 115 cm³/mol. The minimum Gasteiger partial charge on any atom is -0.352 e. The number of rotatable bonds is 8. The molecule has 0 bridgehead atoms. The van der Waals surface area contributed by atoms with Crippen LogP contribution in [-0.2, 0) is 11.3 Å². The highest BCUT2D eigenvalue weighted by Gasteiger charge is 2.12. The molecule has 5 nitrogen and oxygen atoms in total. The Morgan fingerprint density at radius 3 is 2.25 bits per heavy atom. The molecule has 0 unspecified atom stereocenters. The molecule has 0 radical (unpaired) electrons. The Kier molecular flexibility index (Phi) is 8.05. The van der Waals surface area contributed by atoms with E-state index in [0.717, 1.165) is 16.8 Å². The Bertz CT molecular complexity index is 786. The Morgan fingerprint density at radius 2 is 1.61 bits per heavy atom. The number of amides is 3. The molecule has 0 aromatic heterocycles. The fraction of sp³-hybridized carbons (Fsp3) is 0.391. The van der Waals surface area contributed by atoms with Crippen LogP contribution in [0.5, 0.6) is 0 Å². The lowest BCUT2D eigenvalue weighted by molar-refractivity contribution is -0.121. The molecule has 0 spiro atoms. The van der Waals surface area contributed by atoms with Gasteiger partial charge in [-0.05, 0) is 34.6 Å². The first-order chi connectivity index (χ1) is 13.4. The Hall–Kier alpha value is -2.82. The first-order valence-corrected chi connectivity index (χ1v) is 9.86. The number of benzene rings is 2. The van der Waals surface area contributed by atoms with E-state index in [1.807, 2.05) is 42.5 Å². The van der Waals surface area contributed by atoms with Gasteiger partial charge in [0.15, 0.2) is 0 Å². The van der Waals surface area contributed by atoms with E-state index in [-0.39, 0.29) is 24.9 Å². The predicted octanol–water partition coefficient (Wildman–Crippen LogP) is 4.76. The maximum absolute atomic E-state index is 12.2. The minimum atomic E-state index is -0.296. The summed E-state index contributed by atoms with van der Waals surface area (Å²) < 4.78 is 0. The monoisotopic (exact) mass is 381 g/mol. The molecule has 3 N–H and O–H groups in total. The highest BCUT2D eigenvalue weighted by molar-refractivity contribution is 5.90. The van der Waals surface area contributed by atoms with Gasteiger partial charge in [0, 0.05) is 25.2 Å². The summed E-state index contributed by atoms with van der Waals surface area (Å²) in [6, 6.07) is 15.6. The maximum atomic E-state index is 12.2. The first-order valence-electron chi connectivity index (χ1n) is 9.86. The smallest absolute Gasteiger partial charge is 0.319 e. The van der Waals surface area contributed by atoms with Gasteiger partial charge in [-0.25, -0.2) is 4.79 Å². The number of carbonyl (C=O) groups is 2. The molecule has 28 heavy (non-hydrogen) atoms. The molecule has 0 aliphatic heterocycles. The van der Waals surface area contributed by atoms with Crippen molar-refractivity contribution in [3.63, 3.8) is 0 Å². The van der Waals surface area contributed by atoms with Gasteiger partial charge >= 0.3 is 6.03 Å². The van der Waals surface area contributed by atoms with Gasteiger partial charge in [-0.15, -0.1) is 0 Å². The van der Waals surface area contributed by atoms with E-state index in [4.69, 9.17) is 0 Å². The van der Waals surface area contributed by atoms with Crippen LogP contribution in [0.25, 0.3) is 0 Å². The fourth-order valence-electron chi connectivity index (χ4n) is 2.87. The van der Waals surface area contributed by atoms with E-state index in [0.29, 0.717) is 18.4 Å². The number of hydrogen-bond donors (Lipinski definition) is 3. The van der Waals surface area contributed by atoms with Crippen molar-refractivity contribution in [2.24, 2.45) is 0 Å². The summed E-state index contributed by atoms with van der Waals surface area (Å²) in [7, 11) is 0. The van der Waals surface area contributed by atoms with Gasteiger partial charge in [0.25, 0.3) is 0 Å². The summed E-state index contributed by atoms with van der Waals surface area (Å²) in [5.41, 5.74) is 4.23. The largest absolute Gasteiger partial charge is 0.352 e. The van der Waals surface area contributed by atoms with Crippen molar-refractivity contribution in [1.29, 1.82) is 0 Å². The van der Waals surface area contributed by atoms with E-state index < -0.39 is 0 Å². The van der Waals surface area contributed by atoms with Gasteiger partial charge in [-0.1, -0.05) is 70.2 Å². The Balaban J connectivity index is 1.80. The zero-order chi connectivity index (χ0) is 20.5. The van der Waals surface area contributed by atoms with Crippen molar-refractivity contribution in [3.05, 3.63) is 65.2 Å². The zero-order valence-corrected chi connectivity index (χ0v) is 17.2. The van der Waals surface area contributed by atoms with Gasteiger partial charge in [0.05, 0.1) is 0 Å². The van der Waals surface area contributed by atoms with Crippen LogP contribution in [0.1, 0.15) is 62.6 Å². The SMILES string of the molecule is CC(C)c1ccc(NC(=O)NCCC(=O)NCc2ccccc2)c(C(C)C)c1. The average molecular weight is 382 g/mol. The van der Waals surface area contributed by atoms with Crippen molar-refractivity contribution < 1.29 is 9.59 Å². The van der Waals surface area contributed by atoms with Crippen LogP contribution in [-0.4, -0.2) is 18.5 Å². The summed E-state index contributed by atoms with van der Waals surface area (Å²) in [6.07, 6.45) is 0.240. The minimum absolute atomic E-state index is 0.0895. The molecule has 0 aliphatic rings. The summed E-state index contributed by atoms with van der Waals surface area (Å²) in [5.74, 6) is 0.654. The van der Waals surface area contributed by atoms with Crippen molar-refractivity contribution in [1.82, 2.24) is 10.6 Å². The van der Waals surface area contributed by atoms with E-state index in [9.17, 15) is 9.59 Å². The van der Waals surface area contributed by atoms with Crippen molar-refractivity contribution in [3.8, 4) is 0 Å². The van der Waals surface area contributed by atoms with Crippen molar-refractivity contribution in [2.75, 3.05) is 11.9 Å². The third-order valence-corrected chi connectivity index (χ3v) is 4.58. The molecule has 0 heterocycles. The molecule has 150 valence electrons. The molecule has 0 aliphatic carbocycles. The molecule has 3 amide bonds. The highest BCUT2D eigenvalue weighted by atomic mass is 16.2. The van der Waals surface area contributed by atoms with Crippen LogP contribution >= 0.6 is 0 Å². The van der Waals surface area contributed by atoms with Crippen LogP contribution < -0.4 is 16.0 Å². The van der Waals surface area contributed by atoms with Gasteiger partial charge in [-0.2, -0.15) is 0 Å². The summed E-state index contributed by atoms with van der Waals surface area (Å²) in [6.45, 7) is 9.31. The fourth-order valence-corrected chi connectivity index (χ4v) is 2.87. The first kappa shape index (κ1) is 21.5. The van der Waals surface area contributed by atoms with Crippen LogP contribution in [0.4, 0.5) is 10.5 Å². The second-order valence-corrected chi connectivity index (χ2v) is 7.55. The second-order valence-electron chi connectivity index (χ2n) is 7.55. The molecule has 2 aromatic carbocycles. The summed E-state index contributed by atoms with van der Waals surface area (Å²) in [5, 5.41) is 8.51. The topological polar surface area (TPSA) is 70.2 Å². The highest BCUT2D eigenvalue weighted by Crippen LogP contribution is 2.28. The van der Waals surface area contributed by atoms with Crippen molar-refractivity contribution >= 4 is 17.6 Å². The van der Waals surface area contributed by atoms with Gasteiger partial charge < -0.3 is 16.0 Å². The van der Waals surface area contributed by atoms with Crippen LogP contribution in [0.15, 0.2) is 48.5 Å². The third kappa shape index (κ3) is 6.72. The Morgan fingerprint density at radius 1 is 0.893 bits per heavy atom. The zero-order valence-electron chi connectivity index (χ0n) is 17.2. The van der Waals surface area contributed by atoms with Gasteiger partial charge in [-0.3, -0.25) is 4.79 Å². The number of carbonyl (C=O) groups excluding carboxylic acids is 2. The van der Waals surface area contributed by atoms with Crippen LogP contribution in [0, 0.1) is 0 Å². The average Bonchev–Trinajstić information content (AvgIpc) is 2.67. The molecule has 0 saturated heterocycles. The number of hydrogen-bond acceptors (Lipinski definition) is 2. The standard InChI is InChI=1S/C23H31N3O2/c1-16(2)19-10-11-21(20(14-19)17(3)4)26-23(28)24-13-12-22(27)25-15-18-8-6-5-7-9-18/h5-11,14,16-17H,12-13,15H2,1-4H3,(H,25,27)(H2,24,26,28). The van der Waals surface area contributed by atoms with Gasteiger partial charge in [0.1, 0.15) is 0 Å². The van der Waals surface area contributed by atoms with E-state index in [2.05, 4.69) is 49.7 Å². The molecular weight excluding hydrogens is 350 g/mol. The molecular formula is C23H31N3O2. The molecule has 2 rings (SSSR count). The normalized spacial score (nSPS) is 10.8. The Labute approximate surface area is 167 Å². The molecule has 0 fully saturated rings.